The van der Waals surface area contributed by atoms with Gasteiger partial charge >= 0.3 is 33.9 Å². The molecule has 0 aromatic carbocycles. The average molecular weight is 380 g/mol. The van der Waals surface area contributed by atoms with Crippen LogP contribution < -0.4 is 0 Å². The molecule has 0 aromatic heterocycles. The summed E-state index contributed by atoms with van der Waals surface area (Å²) in [7, 11) is 0. The van der Waals surface area contributed by atoms with Crippen molar-refractivity contribution in [2.75, 3.05) is 6.26 Å². The second-order valence-corrected chi connectivity index (χ2v) is 0.962. The van der Waals surface area contributed by atoms with Gasteiger partial charge in [-0.3, -0.25) is 0 Å². The van der Waals surface area contributed by atoms with Gasteiger partial charge in [0.05, 0.1) is 0 Å². The fourth-order valence-corrected chi connectivity index (χ4v) is 0.321. The zero-order valence-electron chi connectivity index (χ0n) is 7.43. The third-order valence-corrected chi connectivity index (χ3v) is 0.556. The van der Waals surface area contributed by atoms with Crippen LogP contribution in [0.25, 0.3) is 0 Å². The summed E-state index contributed by atoms with van der Waals surface area (Å²) < 4.78 is 22.5. The minimum absolute atomic E-state index is 0. The predicted molar refractivity (Wildman–Crippen MR) is 47.7 cm³/mol. The molecule has 0 atom stereocenters. The van der Waals surface area contributed by atoms with E-state index in [0.717, 1.165) is 0 Å². The van der Waals surface area contributed by atoms with Crippen molar-refractivity contribution in [1.82, 2.24) is 0 Å². The van der Waals surface area contributed by atoms with Crippen molar-refractivity contribution in [2.24, 2.45) is 0 Å². The first kappa shape index (κ1) is 29.2. The topological polar surface area (TPSA) is 59.7 Å². The van der Waals surface area contributed by atoms with Crippen LogP contribution >= 0.6 is 0 Å². The molecular formula is C9H8O3SW-. The van der Waals surface area contributed by atoms with E-state index in [4.69, 9.17) is 14.0 Å². The molecule has 0 heterocycles. The summed E-state index contributed by atoms with van der Waals surface area (Å²) in [6, 6.07) is 0. The molecule has 75 valence electrons. The van der Waals surface area contributed by atoms with Crippen LogP contribution in [0.1, 0.15) is 0 Å². The maximum Gasteiger partial charge on any atom is 0.00506 e. The van der Waals surface area contributed by atoms with Crippen molar-refractivity contribution in [3.8, 4) is 0 Å². The van der Waals surface area contributed by atoms with Crippen molar-refractivity contribution in [3.63, 3.8) is 0 Å². The van der Waals surface area contributed by atoms with Gasteiger partial charge in [-0.15, -0.1) is 0 Å². The fourth-order valence-electron chi connectivity index (χ4n) is 0.321. The molecule has 0 saturated heterocycles. The molecule has 1 rings (SSSR count). The Morgan fingerprint density at radius 2 is 0.929 bits per heavy atom. The average Bonchev–Trinajstić information content (AvgIpc) is 2.87. The van der Waals surface area contributed by atoms with Crippen molar-refractivity contribution < 1.29 is 35.0 Å². The largest absolute Gasteiger partial charge is 0.0767 e. The van der Waals surface area contributed by atoms with Crippen LogP contribution in [0.3, 0.4) is 0 Å². The monoisotopic (exact) mass is 380 g/mol. The van der Waals surface area contributed by atoms with Gasteiger partial charge < -0.3 is 12.6 Å². The van der Waals surface area contributed by atoms with Gasteiger partial charge in [0.1, 0.15) is 0 Å². The van der Waals surface area contributed by atoms with Gasteiger partial charge in [0.25, 0.3) is 0 Å². The van der Waals surface area contributed by atoms with E-state index in [-0.39, 0.29) is 21.1 Å². The van der Waals surface area contributed by atoms with E-state index in [1.807, 2.05) is 30.7 Å². The molecule has 0 saturated carbocycles. The standard InChI is InChI=1S/C5H5.3CO.CH4S.W/c1-2-4-5-3-1;4*1-2;/h1-5H;;;;2H,1H3;/p-1. The third kappa shape index (κ3) is 60.3. The number of hydrogen-bond donors (Lipinski definition) is 0. The molecule has 1 aliphatic rings. The molecular weight excluding hydrogens is 372 g/mol. The molecule has 0 bridgehead atoms. The molecule has 3 nitrogen and oxygen atoms in total. The number of rotatable bonds is 0. The van der Waals surface area contributed by atoms with Gasteiger partial charge in [-0.2, -0.15) is 6.26 Å². The van der Waals surface area contributed by atoms with E-state index in [1.54, 1.807) is 6.26 Å². The summed E-state index contributed by atoms with van der Waals surface area (Å²) >= 11 is 4.08. The second kappa shape index (κ2) is 78.2. The fraction of sp³-hybridized carbons (Fsp3) is 0.111. The molecule has 5 heteroatoms. The summed E-state index contributed by atoms with van der Waals surface area (Å²) in [5.41, 5.74) is 0. The molecule has 0 spiro atoms. The Kier molecular flexibility index (Phi) is 163. The first-order valence-electron chi connectivity index (χ1n) is 2.69. The van der Waals surface area contributed by atoms with Crippen molar-refractivity contribution >= 4 is 12.6 Å². The summed E-state index contributed by atoms with van der Waals surface area (Å²) in [6.07, 6.45) is 11.6. The molecule has 0 N–H and O–H groups in total. The van der Waals surface area contributed by atoms with Crippen LogP contribution in [0.4, 0.5) is 0 Å². The Labute approximate surface area is 104 Å². The summed E-state index contributed by atoms with van der Waals surface area (Å²) in [5.74, 6) is 0. The first-order valence-corrected chi connectivity index (χ1v) is 3.50. The Morgan fingerprint density at radius 1 is 0.714 bits per heavy atom. The Morgan fingerprint density at radius 3 is 1.00 bits per heavy atom. The van der Waals surface area contributed by atoms with Crippen LogP contribution in [0.15, 0.2) is 24.3 Å². The second-order valence-electron chi connectivity index (χ2n) is 0.962. The molecule has 0 amide bonds. The normalized spacial score (nSPS) is 7.14. The minimum Gasteiger partial charge on any atom is -0.0767 e. The van der Waals surface area contributed by atoms with E-state index in [2.05, 4.69) is 32.6 Å². The summed E-state index contributed by atoms with van der Waals surface area (Å²) in [4.78, 5) is 0. The molecule has 1 aliphatic carbocycles. The van der Waals surface area contributed by atoms with Crippen LogP contribution in [-0.2, 0) is 47.7 Å². The summed E-state index contributed by atoms with van der Waals surface area (Å²) in [6.45, 7) is 13.5. The Hall–Kier alpha value is -0.262. The molecule has 0 fully saturated rings. The van der Waals surface area contributed by atoms with Gasteiger partial charge in [-0.05, 0) is 0 Å². The van der Waals surface area contributed by atoms with Crippen LogP contribution in [-0.4, -0.2) is 6.26 Å². The van der Waals surface area contributed by atoms with Crippen LogP contribution in [0, 0.1) is 26.4 Å². The maximum atomic E-state index is 7.50. The van der Waals surface area contributed by atoms with E-state index in [9.17, 15) is 0 Å². The SMILES string of the molecule is C[S-].[C-]#[O+].[C-]#[O+].[C-]#[O+].[CH]1C=CC=C1.[W]. The van der Waals surface area contributed by atoms with Gasteiger partial charge in [0, 0.05) is 27.5 Å². The molecule has 0 aliphatic heterocycles. The molecule has 0 unspecified atom stereocenters. The van der Waals surface area contributed by atoms with Gasteiger partial charge in [0.15, 0.2) is 0 Å². The summed E-state index contributed by atoms with van der Waals surface area (Å²) in [5, 5.41) is 0. The van der Waals surface area contributed by atoms with Crippen LogP contribution in [0.2, 0.25) is 0 Å². The van der Waals surface area contributed by atoms with Crippen molar-refractivity contribution in [1.29, 1.82) is 0 Å². The van der Waals surface area contributed by atoms with Gasteiger partial charge in [0.2, 0.25) is 0 Å². The number of allylic oxidation sites excluding steroid dienone is 4. The smallest absolute Gasteiger partial charge is 0.00506 e. The molecule has 1 radical (unpaired) electrons. The van der Waals surface area contributed by atoms with Gasteiger partial charge in [-0.25, -0.2) is 0 Å². The van der Waals surface area contributed by atoms with Crippen molar-refractivity contribution in [2.45, 2.75) is 0 Å². The Balaban J connectivity index is -0.0000000267. The zero-order chi connectivity index (χ0) is 11.5. The zero-order valence-corrected chi connectivity index (χ0v) is 11.2. The Bertz CT molecular complexity index is 146. The van der Waals surface area contributed by atoms with E-state index >= 15 is 0 Å². The quantitative estimate of drug-likeness (QED) is 0.356. The van der Waals surface area contributed by atoms with E-state index in [1.165, 1.54) is 0 Å². The van der Waals surface area contributed by atoms with E-state index < -0.39 is 0 Å². The predicted octanol–water partition coefficient (Wildman–Crippen LogP) is 1.36. The van der Waals surface area contributed by atoms with Crippen molar-refractivity contribution in [3.05, 3.63) is 50.7 Å². The molecule has 0 aromatic rings. The third-order valence-electron chi connectivity index (χ3n) is 0.556. The molecule has 14 heavy (non-hydrogen) atoms. The van der Waals surface area contributed by atoms with Gasteiger partial charge in [-0.1, -0.05) is 24.3 Å². The number of hydrogen-bond acceptors (Lipinski definition) is 1. The first-order chi connectivity index (χ1) is 6.50. The minimum atomic E-state index is 0. The van der Waals surface area contributed by atoms with E-state index in [0.29, 0.717) is 0 Å². The van der Waals surface area contributed by atoms with Crippen LogP contribution in [0.5, 0.6) is 0 Å². The maximum absolute atomic E-state index is 7.50.